The number of hydrogen-bond donors (Lipinski definition) is 1. The molecule has 2 aromatic carbocycles. The van der Waals surface area contributed by atoms with Crippen molar-refractivity contribution in [3.8, 4) is 0 Å². The second-order valence-corrected chi connectivity index (χ2v) is 8.51. The summed E-state index contributed by atoms with van der Waals surface area (Å²) in [4.78, 5) is 28.0. The van der Waals surface area contributed by atoms with Crippen LogP contribution in [0.25, 0.3) is 16.8 Å². The van der Waals surface area contributed by atoms with Crippen LogP contribution in [0.15, 0.2) is 64.9 Å². The Balaban J connectivity index is 1.49. The maximum absolute atomic E-state index is 12.6. The van der Waals surface area contributed by atoms with Crippen molar-refractivity contribution in [2.24, 2.45) is 0 Å². The van der Waals surface area contributed by atoms with Gasteiger partial charge < -0.3 is 5.32 Å². The van der Waals surface area contributed by atoms with Crippen LogP contribution in [-0.2, 0) is 9.59 Å². The van der Waals surface area contributed by atoms with Gasteiger partial charge in [0.25, 0.3) is 5.91 Å². The summed E-state index contributed by atoms with van der Waals surface area (Å²) >= 11 is 8.08. The molecule has 1 aromatic heterocycles. The van der Waals surface area contributed by atoms with Crippen molar-refractivity contribution >= 4 is 74.0 Å². The van der Waals surface area contributed by atoms with Crippen LogP contribution in [0.2, 0.25) is 0 Å². The highest BCUT2D eigenvalue weighted by atomic mass is 32.2. The van der Waals surface area contributed by atoms with E-state index >= 15 is 0 Å². The van der Waals surface area contributed by atoms with Gasteiger partial charge in [0.1, 0.15) is 10.9 Å². The lowest BCUT2D eigenvalue weighted by Gasteiger charge is -2.15. The molecular weight excluding hydrogens is 396 g/mol. The van der Waals surface area contributed by atoms with Crippen molar-refractivity contribution in [1.82, 2.24) is 4.90 Å². The van der Waals surface area contributed by atoms with Crippen LogP contribution in [0.5, 0.6) is 0 Å². The molecule has 2 heterocycles. The van der Waals surface area contributed by atoms with Gasteiger partial charge in [0.05, 0.1) is 4.91 Å². The number of benzene rings is 2. The molecule has 2 amide bonds. The Morgan fingerprint density at radius 2 is 1.93 bits per heavy atom. The minimum Gasteiger partial charge on any atom is -0.324 e. The van der Waals surface area contributed by atoms with Gasteiger partial charge in [-0.1, -0.05) is 66.4 Å². The number of hydrogen-bond acceptors (Lipinski definition) is 5. The third kappa shape index (κ3) is 3.80. The third-order valence-corrected chi connectivity index (χ3v) is 6.25. The van der Waals surface area contributed by atoms with Crippen LogP contribution in [0, 0.1) is 0 Å². The first-order chi connectivity index (χ1) is 13.1. The fourth-order valence-electron chi connectivity index (χ4n) is 2.81. The molecule has 0 unspecified atom stereocenters. The Labute approximate surface area is 169 Å². The molecule has 4 nitrogen and oxygen atoms in total. The Bertz CT molecular complexity index is 1070. The molecule has 27 heavy (non-hydrogen) atoms. The molecule has 1 N–H and O–H groups in total. The second kappa shape index (κ2) is 7.64. The van der Waals surface area contributed by atoms with E-state index in [-0.39, 0.29) is 18.4 Å². The number of anilines is 1. The molecule has 1 aliphatic rings. The summed E-state index contributed by atoms with van der Waals surface area (Å²) in [5.74, 6) is -0.508. The lowest BCUT2D eigenvalue weighted by atomic mass is 10.1. The minimum atomic E-state index is -0.278. The maximum Gasteiger partial charge on any atom is 0.266 e. The van der Waals surface area contributed by atoms with Gasteiger partial charge in [0.15, 0.2) is 0 Å². The molecule has 1 aliphatic heterocycles. The Hall–Kier alpha value is -2.48. The normalized spacial score (nSPS) is 15.7. The van der Waals surface area contributed by atoms with E-state index in [1.54, 1.807) is 11.3 Å². The zero-order valence-corrected chi connectivity index (χ0v) is 16.5. The van der Waals surface area contributed by atoms with E-state index in [4.69, 9.17) is 12.2 Å². The van der Waals surface area contributed by atoms with E-state index in [1.807, 2.05) is 66.1 Å². The standard InChI is InChI=1S/C20H14N2O2S3/c23-18(21-16-9-3-6-13-5-1-2-8-15(13)16)12-22-19(24)17(27-20(22)25)11-14-7-4-10-26-14/h1-11H,12H2,(H,21,23)/b17-11+. The summed E-state index contributed by atoms with van der Waals surface area (Å²) in [7, 11) is 0. The zero-order valence-electron chi connectivity index (χ0n) is 14.0. The average molecular weight is 411 g/mol. The Morgan fingerprint density at radius 1 is 1.11 bits per heavy atom. The molecule has 1 fully saturated rings. The first kappa shape index (κ1) is 17.9. The van der Waals surface area contributed by atoms with Crippen molar-refractivity contribution in [3.05, 3.63) is 69.8 Å². The SMILES string of the molecule is O=C(CN1C(=O)/C(=C\c2cccs2)SC1=S)Nc1cccc2ccccc12. The van der Waals surface area contributed by atoms with Gasteiger partial charge >= 0.3 is 0 Å². The molecule has 0 radical (unpaired) electrons. The fourth-order valence-corrected chi connectivity index (χ4v) is 4.78. The number of thiocarbonyl (C=S) groups is 1. The molecule has 134 valence electrons. The monoisotopic (exact) mass is 410 g/mol. The predicted octanol–water partition coefficient (Wildman–Crippen LogP) is 4.74. The van der Waals surface area contributed by atoms with Crippen molar-refractivity contribution < 1.29 is 9.59 Å². The van der Waals surface area contributed by atoms with Crippen LogP contribution < -0.4 is 5.32 Å². The number of nitrogens with zero attached hydrogens (tertiary/aromatic N) is 1. The molecule has 4 rings (SSSR count). The van der Waals surface area contributed by atoms with Crippen molar-refractivity contribution in [3.63, 3.8) is 0 Å². The summed E-state index contributed by atoms with van der Waals surface area (Å²) in [6.07, 6.45) is 1.81. The summed E-state index contributed by atoms with van der Waals surface area (Å²) in [6, 6.07) is 17.4. The highest BCUT2D eigenvalue weighted by molar-refractivity contribution is 8.26. The number of carbonyl (C=O) groups is 2. The van der Waals surface area contributed by atoms with Gasteiger partial charge in [-0.2, -0.15) is 0 Å². The average Bonchev–Trinajstić information content (AvgIpc) is 3.26. The molecule has 0 saturated carbocycles. The highest BCUT2D eigenvalue weighted by Crippen LogP contribution is 2.33. The molecule has 0 bridgehead atoms. The highest BCUT2D eigenvalue weighted by Gasteiger charge is 2.33. The van der Waals surface area contributed by atoms with Crippen LogP contribution in [0.3, 0.4) is 0 Å². The van der Waals surface area contributed by atoms with Gasteiger partial charge in [-0.05, 0) is 29.0 Å². The van der Waals surface area contributed by atoms with Gasteiger partial charge in [-0.25, -0.2) is 0 Å². The van der Waals surface area contributed by atoms with Crippen molar-refractivity contribution in [2.75, 3.05) is 11.9 Å². The molecule has 0 atom stereocenters. The number of fused-ring (bicyclic) bond motifs is 1. The quantitative estimate of drug-likeness (QED) is 0.499. The minimum absolute atomic E-state index is 0.102. The summed E-state index contributed by atoms with van der Waals surface area (Å²) in [6.45, 7) is -0.102. The van der Waals surface area contributed by atoms with Crippen LogP contribution in [-0.4, -0.2) is 27.6 Å². The van der Waals surface area contributed by atoms with Crippen molar-refractivity contribution in [1.29, 1.82) is 0 Å². The number of carbonyl (C=O) groups excluding carboxylic acids is 2. The molecule has 1 saturated heterocycles. The van der Waals surface area contributed by atoms with Crippen LogP contribution >= 0.6 is 35.3 Å². The topological polar surface area (TPSA) is 49.4 Å². The lowest BCUT2D eigenvalue weighted by molar-refractivity contribution is -0.126. The van der Waals surface area contributed by atoms with Crippen LogP contribution in [0.4, 0.5) is 5.69 Å². The molecule has 7 heteroatoms. The maximum atomic E-state index is 12.6. The molecule has 0 aliphatic carbocycles. The number of nitrogens with one attached hydrogen (secondary N) is 1. The largest absolute Gasteiger partial charge is 0.324 e. The lowest BCUT2D eigenvalue weighted by Crippen LogP contribution is -2.36. The van der Waals surface area contributed by atoms with E-state index in [0.717, 1.165) is 21.3 Å². The zero-order chi connectivity index (χ0) is 18.8. The van der Waals surface area contributed by atoms with Gasteiger partial charge in [0, 0.05) is 16.0 Å². The third-order valence-electron chi connectivity index (χ3n) is 4.06. The first-order valence-corrected chi connectivity index (χ1v) is 10.3. The van der Waals surface area contributed by atoms with Gasteiger partial charge in [-0.3, -0.25) is 14.5 Å². The number of rotatable bonds is 4. The first-order valence-electron chi connectivity index (χ1n) is 8.18. The predicted molar refractivity (Wildman–Crippen MR) is 117 cm³/mol. The van der Waals surface area contributed by atoms with E-state index in [2.05, 4.69) is 5.32 Å². The molecular formula is C20H14N2O2S3. The van der Waals surface area contributed by atoms with Gasteiger partial charge in [0.2, 0.25) is 5.91 Å². The van der Waals surface area contributed by atoms with Gasteiger partial charge in [-0.15, -0.1) is 11.3 Å². The fraction of sp³-hybridized carbons (Fsp3) is 0.0500. The molecule has 3 aromatic rings. The van der Waals surface area contributed by atoms with Crippen molar-refractivity contribution in [2.45, 2.75) is 0 Å². The van der Waals surface area contributed by atoms with E-state index < -0.39 is 0 Å². The smallest absolute Gasteiger partial charge is 0.266 e. The molecule has 0 spiro atoms. The summed E-state index contributed by atoms with van der Waals surface area (Å²) in [5.41, 5.74) is 0.720. The Kier molecular flexibility index (Phi) is 5.07. The van der Waals surface area contributed by atoms with E-state index in [9.17, 15) is 9.59 Å². The van der Waals surface area contributed by atoms with E-state index in [1.165, 1.54) is 16.7 Å². The second-order valence-electron chi connectivity index (χ2n) is 5.86. The van der Waals surface area contributed by atoms with Crippen LogP contribution in [0.1, 0.15) is 4.88 Å². The number of thioether (sulfide) groups is 1. The summed E-state index contributed by atoms with van der Waals surface area (Å²) < 4.78 is 0.399. The Morgan fingerprint density at radius 3 is 2.74 bits per heavy atom. The number of amides is 2. The summed E-state index contributed by atoms with van der Waals surface area (Å²) in [5, 5.41) is 6.84. The number of thiophene rings is 1. The van der Waals surface area contributed by atoms with E-state index in [0.29, 0.717) is 9.23 Å².